The first kappa shape index (κ1) is 30.2. The van der Waals surface area contributed by atoms with Crippen molar-refractivity contribution < 1.29 is 36.5 Å². The summed E-state index contributed by atoms with van der Waals surface area (Å²) in [5.41, 5.74) is 0.991. The molecule has 2 heterocycles. The van der Waals surface area contributed by atoms with Crippen LogP contribution in [0, 0.1) is 0 Å². The minimum Gasteiger partial charge on any atom is -0.448 e. The molecule has 1 saturated heterocycles. The summed E-state index contributed by atoms with van der Waals surface area (Å²) in [6, 6.07) is 17.4. The van der Waals surface area contributed by atoms with Gasteiger partial charge in [0.2, 0.25) is 0 Å². The Balaban J connectivity index is 1.69. The highest BCUT2D eigenvalue weighted by Gasteiger charge is 2.55. The molecule has 2 unspecified atom stereocenters. The number of carbonyl (C=O) groups excluding carboxylic acids is 3. The van der Waals surface area contributed by atoms with Crippen LogP contribution in [-0.2, 0) is 33.4 Å². The van der Waals surface area contributed by atoms with Crippen molar-refractivity contribution in [2.45, 2.75) is 50.8 Å². The van der Waals surface area contributed by atoms with Gasteiger partial charge in [-0.05, 0) is 50.5 Å². The smallest absolute Gasteiger partial charge is 0.408 e. The number of ether oxygens (including phenoxy) is 2. The number of nitrogens with one attached hydrogen (secondary N) is 1. The predicted octanol–water partition coefficient (Wildman–Crippen LogP) is 4.26. The Morgan fingerprint density at radius 3 is 2.12 bits per heavy atom. The van der Waals surface area contributed by atoms with E-state index in [1.165, 1.54) is 29.7 Å². The van der Waals surface area contributed by atoms with Crippen molar-refractivity contribution in [1.82, 2.24) is 10.2 Å². The van der Waals surface area contributed by atoms with Crippen LogP contribution in [0.5, 0.6) is 0 Å². The molecular formula is C29H32N2O8S2. The molecule has 4 rings (SSSR count). The minimum atomic E-state index is -3.82. The van der Waals surface area contributed by atoms with E-state index in [4.69, 9.17) is 13.7 Å². The number of thioether (sulfide) groups is 1. The second kappa shape index (κ2) is 12.0. The van der Waals surface area contributed by atoms with Gasteiger partial charge in [0.15, 0.2) is 6.10 Å². The van der Waals surface area contributed by atoms with Crippen LogP contribution in [0.3, 0.4) is 0 Å². The lowest BCUT2D eigenvalue weighted by atomic mass is 10.0. The van der Waals surface area contributed by atoms with Crippen LogP contribution in [-0.4, -0.2) is 60.3 Å². The highest BCUT2D eigenvalue weighted by atomic mass is 32.2. The third-order valence-electron chi connectivity index (χ3n) is 5.95. The van der Waals surface area contributed by atoms with E-state index >= 15 is 0 Å². The van der Waals surface area contributed by atoms with Crippen molar-refractivity contribution >= 4 is 39.8 Å². The van der Waals surface area contributed by atoms with Crippen LogP contribution < -0.4 is 5.32 Å². The number of rotatable bonds is 8. The number of carbonyl (C=O) groups is 3. The third-order valence-corrected chi connectivity index (χ3v) is 7.82. The Morgan fingerprint density at radius 1 is 1.05 bits per heavy atom. The molecule has 2 aromatic carbocycles. The van der Waals surface area contributed by atoms with Crippen LogP contribution in [0.4, 0.5) is 4.79 Å². The van der Waals surface area contributed by atoms with Gasteiger partial charge in [0.1, 0.15) is 28.5 Å². The van der Waals surface area contributed by atoms with Crippen molar-refractivity contribution in [1.29, 1.82) is 0 Å². The molecule has 0 radical (unpaired) electrons. The standard InChI is InChI=1S/C29H32N2O8S2/c1-18(39-41(5,35)36)16-21-17-40-26-22(30-28(34)38-29(2,3)4)25(32)31(26)23(21)27(33)37-24(19-12-8-6-9-13-19)20-14-10-7-11-15-20/h6-16,22,24,26H,17H2,1-5H3,(H,30,34). The lowest BCUT2D eigenvalue weighted by Crippen LogP contribution is -2.70. The molecular weight excluding hydrogens is 568 g/mol. The normalized spacial score (nSPS) is 19.3. The van der Waals surface area contributed by atoms with E-state index in [0.717, 1.165) is 17.4 Å². The monoisotopic (exact) mass is 600 g/mol. The SMILES string of the molecule is CC(=CC1=C(C(=O)OC(c2ccccc2)c2ccccc2)N2C(=O)C(NC(=O)OC(C)(C)C)C2SC1)OS(C)(=O)=O. The Bertz CT molecular complexity index is 1440. The Morgan fingerprint density at radius 2 is 1.61 bits per heavy atom. The molecule has 12 heteroatoms. The van der Waals surface area contributed by atoms with Crippen LogP contribution in [0.25, 0.3) is 0 Å². The minimum absolute atomic E-state index is 0.0194. The molecule has 1 fully saturated rings. The van der Waals surface area contributed by atoms with Gasteiger partial charge in [0.05, 0.1) is 6.26 Å². The van der Waals surface area contributed by atoms with Crippen LogP contribution in [0.2, 0.25) is 0 Å². The van der Waals surface area contributed by atoms with Gasteiger partial charge in [0.25, 0.3) is 5.91 Å². The molecule has 0 aromatic heterocycles. The average Bonchev–Trinajstić information content (AvgIpc) is 2.89. The first-order chi connectivity index (χ1) is 19.2. The van der Waals surface area contributed by atoms with Gasteiger partial charge in [-0.2, -0.15) is 8.42 Å². The van der Waals surface area contributed by atoms with Crippen molar-refractivity contribution in [2.24, 2.45) is 0 Å². The fourth-order valence-electron chi connectivity index (χ4n) is 4.43. The zero-order valence-corrected chi connectivity index (χ0v) is 25.0. The molecule has 0 spiro atoms. The largest absolute Gasteiger partial charge is 0.448 e. The molecule has 2 atom stereocenters. The lowest BCUT2D eigenvalue weighted by Gasteiger charge is -2.49. The Kier molecular flexibility index (Phi) is 8.83. The Hall–Kier alpha value is -3.77. The van der Waals surface area contributed by atoms with Gasteiger partial charge in [-0.25, -0.2) is 9.59 Å². The van der Waals surface area contributed by atoms with E-state index < -0.39 is 51.2 Å². The summed E-state index contributed by atoms with van der Waals surface area (Å²) in [6.07, 6.45) is 0.787. The molecule has 0 saturated carbocycles. The van der Waals surface area contributed by atoms with Crippen molar-refractivity contribution in [3.63, 3.8) is 0 Å². The van der Waals surface area contributed by atoms with E-state index in [-0.39, 0.29) is 17.2 Å². The number of alkyl carbamates (subject to hydrolysis) is 1. The second-order valence-corrected chi connectivity index (χ2v) is 13.2. The molecule has 0 aliphatic carbocycles. The number of allylic oxidation sites excluding steroid dienone is 2. The summed E-state index contributed by atoms with van der Waals surface area (Å²) in [5, 5.41) is 1.99. The molecule has 218 valence electrons. The van der Waals surface area contributed by atoms with Gasteiger partial charge < -0.3 is 19.0 Å². The highest BCUT2D eigenvalue weighted by molar-refractivity contribution is 8.00. The fourth-order valence-corrected chi connectivity index (χ4v) is 6.26. The number of esters is 1. The fraction of sp³-hybridized carbons (Fsp3) is 0.345. The van der Waals surface area contributed by atoms with Crippen molar-refractivity contribution in [3.05, 3.63) is 94.9 Å². The zero-order chi connectivity index (χ0) is 29.9. The Labute approximate surface area is 243 Å². The molecule has 2 aliphatic rings. The zero-order valence-electron chi connectivity index (χ0n) is 23.3. The van der Waals surface area contributed by atoms with Crippen LogP contribution in [0.1, 0.15) is 44.9 Å². The van der Waals surface area contributed by atoms with Gasteiger partial charge in [-0.3, -0.25) is 9.69 Å². The number of β-lactam (4-membered cyclic amide) rings is 1. The predicted molar refractivity (Wildman–Crippen MR) is 154 cm³/mol. The summed E-state index contributed by atoms with van der Waals surface area (Å²) >= 11 is 1.31. The quantitative estimate of drug-likeness (QED) is 0.205. The number of amides is 2. The van der Waals surface area contributed by atoms with Crippen molar-refractivity contribution in [2.75, 3.05) is 12.0 Å². The average molecular weight is 601 g/mol. The van der Waals surface area contributed by atoms with Crippen molar-refractivity contribution in [3.8, 4) is 0 Å². The van der Waals surface area contributed by atoms with E-state index in [1.807, 2.05) is 60.7 Å². The number of nitrogens with zero attached hydrogens (tertiary/aromatic N) is 1. The molecule has 1 N–H and O–H groups in total. The van der Waals surface area contributed by atoms with E-state index in [2.05, 4.69) is 5.32 Å². The van der Waals surface area contributed by atoms with Gasteiger partial charge in [-0.1, -0.05) is 60.7 Å². The number of hydrogen-bond donors (Lipinski definition) is 1. The lowest BCUT2D eigenvalue weighted by molar-refractivity contribution is -0.153. The van der Waals surface area contributed by atoms with Gasteiger partial charge in [0, 0.05) is 5.75 Å². The summed E-state index contributed by atoms with van der Waals surface area (Å²) in [6.45, 7) is 6.57. The van der Waals surface area contributed by atoms with Crippen LogP contribution in [0.15, 0.2) is 83.8 Å². The summed E-state index contributed by atoms with van der Waals surface area (Å²) in [7, 11) is -3.82. The number of fused-ring (bicyclic) bond motifs is 1. The number of benzene rings is 2. The number of hydrogen-bond acceptors (Lipinski definition) is 9. The maximum absolute atomic E-state index is 13.9. The first-order valence-electron chi connectivity index (χ1n) is 12.8. The van der Waals surface area contributed by atoms with E-state index in [9.17, 15) is 22.8 Å². The highest BCUT2D eigenvalue weighted by Crippen LogP contribution is 2.42. The maximum Gasteiger partial charge on any atom is 0.408 e. The van der Waals surface area contributed by atoms with E-state index in [0.29, 0.717) is 5.57 Å². The molecule has 2 aromatic rings. The maximum atomic E-state index is 13.9. The summed E-state index contributed by atoms with van der Waals surface area (Å²) < 4.78 is 39.7. The third kappa shape index (κ3) is 7.50. The van der Waals surface area contributed by atoms with Gasteiger partial charge in [-0.15, -0.1) is 11.8 Å². The second-order valence-electron chi connectivity index (χ2n) is 10.6. The van der Waals surface area contributed by atoms with Gasteiger partial charge >= 0.3 is 22.2 Å². The molecule has 0 bridgehead atoms. The first-order valence-corrected chi connectivity index (χ1v) is 15.7. The molecule has 41 heavy (non-hydrogen) atoms. The molecule has 10 nitrogen and oxygen atoms in total. The summed E-state index contributed by atoms with van der Waals surface area (Å²) in [5.74, 6) is -1.07. The van der Waals surface area contributed by atoms with Crippen LogP contribution >= 0.6 is 11.8 Å². The van der Waals surface area contributed by atoms with E-state index in [1.54, 1.807) is 20.8 Å². The summed E-state index contributed by atoms with van der Waals surface area (Å²) in [4.78, 5) is 40.9. The topological polar surface area (TPSA) is 128 Å². The molecule has 2 amide bonds. The molecule has 2 aliphatic heterocycles.